The highest BCUT2D eigenvalue weighted by Gasteiger charge is 2.16. The average Bonchev–Trinajstić information content (AvgIpc) is 3.00. The molecule has 2 aliphatic carbocycles. The van der Waals surface area contributed by atoms with Crippen LogP contribution in [0.5, 0.6) is 0 Å². The van der Waals surface area contributed by atoms with Gasteiger partial charge in [0.2, 0.25) is 0 Å². The van der Waals surface area contributed by atoms with E-state index in [2.05, 4.69) is 36.5 Å². The molecule has 136 valence electrons. The molecule has 2 heteroatoms. The van der Waals surface area contributed by atoms with Crippen LogP contribution >= 0.6 is 0 Å². The first-order valence-electron chi connectivity index (χ1n) is 9.58. The summed E-state index contributed by atoms with van der Waals surface area (Å²) < 4.78 is 13.4. The summed E-state index contributed by atoms with van der Waals surface area (Å²) in [5.74, 6) is 0.601. The van der Waals surface area contributed by atoms with Crippen molar-refractivity contribution in [2.45, 2.75) is 26.2 Å². The molecule has 1 atom stereocenters. The highest BCUT2D eigenvalue weighted by atomic mass is 19.1. The van der Waals surface area contributed by atoms with E-state index in [1.165, 1.54) is 33.5 Å². The molecule has 0 saturated heterocycles. The molecule has 1 unspecified atom stereocenters. The number of hydrogen-bond donors (Lipinski definition) is 1. The lowest BCUT2D eigenvalue weighted by atomic mass is 9.84. The molecule has 0 spiro atoms. The Morgan fingerprint density at radius 2 is 1.63 bits per heavy atom. The summed E-state index contributed by atoms with van der Waals surface area (Å²) in [6.07, 6.45) is 19.4. The first kappa shape index (κ1) is 17.5. The van der Waals surface area contributed by atoms with Crippen molar-refractivity contribution in [3.8, 4) is 11.1 Å². The second-order valence-electron chi connectivity index (χ2n) is 7.33. The molecule has 5 rings (SSSR count). The molecule has 2 aromatic carbocycles. The Balaban J connectivity index is 0.000000218. The van der Waals surface area contributed by atoms with Gasteiger partial charge >= 0.3 is 0 Å². The zero-order valence-corrected chi connectivity index (χ0v) is 15.6. The van der Waals surface area contributed by atoms with Crippen molar-refractivity contribution in [1.82, 2.24) is 5.32 Å². The van der Waals surface area contributed by atoms with Crippen LogP contribution in [0.15, 0.2) is 67.0 Å². The predicted octanol–water partition coefficient (Wildman–Crippen LogP) is 4.37. The topological polar surface area (TPSA) is 12.0 Å². The number of nitrogens with one attached hydrogen (secondary N) is 1. The fraction of sp³-hybridized carbons (Fsp3) is 0.200. The van der Waals surface area contributed by atoms with Gasteiger partial charge in [-0.1, -0.05) is 49.4 Å². The zero-order valence-electron chi connectivity index (χ0n) is 15.6. The van der Waals surface area contributed by atoms with Crippen LogP contribution in [-0.4, -0.2) is 0 Å². The van der Waals surface area contributed by atoms with Gasteiger partial charge in [-0.3, -0.25) is 0 Å². The Hall–Kier alpha value is -2.87. The van der Waals surface area contributed by atoms with E-state index in [-0.39, 0.29) is 5.82 Å². The molecule has 1 heterocycles. The summed E-state index contributed by atoms with van der Waals surface area (Å²) in [5, 5.41) is 5.69. The van der Waals surface area contributed by atoms with Crippen LogP contribution in [0.2, 0.25) is 0 Å². The Bertz CT molecular complexity index is 1040. The van der Waals surface area contributed by atoms with Gasteiger partial charge in [0.15, 0.2) is 0 Å². The highest BCUT2D eigenvalue weighted by molar-refractivity contribution is 5.74. The van der Waals surface area contributed by atoms with Gasteiger partial charge in [0, 0.05) is 12.4 Å². The third-order valence-corrected chi connectivity index (χ3v) is 5.27. The van der Waals surface area contributed by atoms with Crippen molar-refractivity contribution in [2.24, 2.45) is 5.92 Å². The third kappa shape index (κ3) is 3.80. The van der Waals surface area contributed by atoms with Gasteiger partial charge in [-0.15, -0.1) is 0 Å². The molecule has 0 aromatic heterocycles. The van der Waals surface area contributed by atoms with Crippen molar-refractivity contribution in [3.63, 3.8) is 0 Å². The van der Waals surface area contributed by atoms with E-state index in [0.29, 0.717) is 0 Å². The van der Waals surface area contributed by atoms with Crippen LogP contribution < -0.4 is 15.8 Å². The van der Waals surface area contributed by atoms with Crippen LogP contribution in [0.3, 0.4) is 0 Å². The van der Waals surface area contributed by atoms with E-state index >= 15 is 0 Å². The minimum absolute atomic E-state index is 0.140. The molecule has 0 fully saturated rings. The minimum atomic E-state index is -0.140. The normalized spacial score (nSPS) is 18.4. The fourth-order valence-corrected chi connectivity index (χ4v) is 3.95. The molecule has 0 radical (unpaired) electrons. The van der Waals surface area contributed by atoms with E-state index < -0.39 is 0 Å². The van der Waals surface area contributed by atoms with Crippen molar-refractivity contribution < 1.29 is 4.39 Å². The van der Waals surface area contributed by atoms with Crippen LogP contribution in [0.25, 0.3) is 23.3 Å². The van der Waals surface area contributed by atoms with Crippen LogP contribution in [0.4, 0.5) is 4.39 Å². The summed E-state index contributed by atoms with van der Waals surface area (Å²) in [6, 6.07) is 9.63. The molecule has 1 aliphatic heterocycles. The van der Waals surface area contributed by atoms with E-state index in [4.69, 9.17) is 0 Å². The maximum absolute atomic E-state index is 13.4. The second kappa shape index (κ2) is 7.79. The number of fused-ring (bicyclic) bond motifs is 5. The number of halogens is 1. The Morgan fingerprint density at radius 1 is 0.852 bits per heavy atom. The summed E-state index contributed by atoms with van der Waals surface area (Å²) in [7, 11) is 0. The van der Waals surface area contributed by atoms with Crippen molar-refractivity contribution in [1.29, 1.82) is 0 Å². The molecule has 1 nitrogen and oxygen atoms in total. The van der Waals surface area contributed by atoms with Crippen LogP contribution in [0, 0.1) is 11.7 Å². The minimum Gasteiger partial charge on any atom is -0.368 e. The number of hydrogen-bond acceptors (Lipinski definition) is 1. The fourth-order valence-electron chi connectivity index (χ4n) is 3.95. The Kier molecular flexibility index (Phi) is 5.06. The second-order valence-corrected chi connectivity index (χ2v) is 7.33. The van der Waals surface area contributed by atoms with Crippen molar-refractivity contribution in [3.05, 3.63) is 94.4 Å². The SMILES string of the molecule is C1=CC=CNC=C1.CC1CC=c2c(ccc3c2=CCc2cc(F)ccc2-3)C1. The quantitative estimate of drug-likeness (QED) is 0.738. The van der Waals surface area contributed by atoms with Crippen LogP contribution in [0.1, 0.15) is 24.5 Å². The van der Waals surface area contributed by atoms with Gasteiger partial charge in [-0.2, -0.15) is 0 Å². The van der Waals surface area contributed by atoms with E-state index in [0.717, 1.165) is 24.3 Å². The van der Waals surface area contributed by atoms with Crippen LogP contribution in [-0.2, 0) is 12.8 Å². The largest absolute Gasteiger partial charge is 0.368 e. The molecule has 3 aliphatic rings. The molecule has 27 heavy (non-hydrogen) atoms. The summed E-state index contributed by atoms with van der Waals surface area (Å²) in [4.78, 5) is 0. The summed E-state index contributed by atoms with van der Waals surface area (Å²) in [6.45, 7) is 2.31. The number of allylic oxidation sites excluding steroid dienone is 4. The standard InChI is InChI=1S/C19H17F.C6H7N/c1-12-2-6-16-13(10-12)3-7-19-17-9-5-15(20)11-14(17)4-8-18(16)19;1-2-4-6-7-5-3-1/h3,5-9,11-12H,2,4,10H2,1H3;1-7H. The molecule has 0 amide bonds. The van der Waals surface area contributed by atoms with E-state index in [9.17, 15) is 4.39 Å². The third-order valence-electron chi connectivity index (χ3n) is 5.27. The van der Waals surface area contributed by atoms with Gasteiger partial charge in [0.05, 0.1) is 0 Å². The Morgan fingerprint density at radius 3 is 2.44 bits per heavy atom. The van der Waals surface area contributed by atoms with Crippen molar-refractivity contribution >= 4 is 12.2 Å². The smallest absolute Gasteiger partial charge is 0.123 e. The van der Waals surface area contributed by atoms with Gasteiger partial charge in [-0.25, -0.2) is 4.39 Å². The predicted molar refractivity (Wildman–Crippen MR) is 112 cm³/mol. The molecule has 1 N–H and O–H groups in total. The molecular weight excluding hydrogens is 333 g/mol. The van der Waals surface area contributed by atoms with Gasteiger partial charge in [0.1, 0.15) is 5.82 Å². The lowest BCUT2D eigenvalue weighted by Crippen LogP contribution is -2.35. The van der Waals surface area contributed by atoms with E-state index in [1.54, 1.807) is 12.1 Å². The van der Waals surface area contributed by atoms with Gasteiger partial charge in [0.25, 0.3) is 0 Å². The molecular formula is C25H24FN. The van der Waals surface area contributed by atoms with E-state index in [1.807, 2.05) is 42.8 Å². The highest BCUT2D eigenvalue weighted by Crippen LogP contribution is 2.26. The molecule has 0 bridgehead atoms. The summed E-state index contributed by atoms with van der Waals surface area (Å²) in [5.41, 5.74) is 5.01. The van der Waals surface area contributed by atoms with Gasteiger partial charge < -0.3 is 5.32 Å². The number of rotatable bonds is 0. The maximum Gasteiger partial charge on any atom is 0.123 e. The monoisotopic (exact) mass is 357 g/mol. The lowest BCUT2D eigenvalue weighted by molar-refractivity contribution is 0.589. The van der Waals surface area contributed by atoms with Gasteiger partial charge in [-0.05, 0) is 82.2 Å². The zero-order chi connectivity index (χ0) is 18.6. The van der Waals surface area contributed by atoms with Crippen molar-refractivity contribution in [2.75, 3.05) is 0 Å². The number of benzene rings is 2. The average molecular weight is 357 g/mol. The maximum atomic E-state index is 13.4. The first-order chi connectivity index (χ1) is 13.2. The molecule has 2 aromatic rings. The summed E-state index contributed by atoms with van der Waals surface area (Å²) >= 11 is 0. The Labute approximate surface area is 159 Å². The lowest BCUT2D eigenvalue weighted by Gasteiger charge is -2.20. The molecule has 0 saturated carbocycles. The first-order valence-corrected chi connectivity index (χ1v) is 9.58.